The van der Waals surface area contributed by atoms with Crippen molar-refractivity contribution in [3.05, 3.63) is 18.1 Å². The van der Waals surface area contributed by atoms with E-state index in [1.54, 1.807) is 26.0 Å². The van der Waals surface area contributed by atoms with Crippen LogP contribution < -0.4 is 16.0 Å². The topological polar surface area (TPSA) is 57.4 Å². The molecular formula is C19H29F4N5. The van der Waals surface area contributed by atoms with E-state index >= 15 is 0 Å². The number of hydrogen-bond donors (Lipinski definition) is 2. The summed E-state index contributed by atoms with van der Waals surface area (Å²) < 4.78 is 52.9. The number of rotatable bonds is 4. The van der Waals surface area contributed by atoms with Gasteiger partial charge in [0.05, 0.1) is 12.2 Å². The van der Waals surface area contributed by atoms with Crippen LogP contribution in [0.4, 0.5) is 29.1 Å². The molecule has 2 heterocycles. The van der Waals surface area contributed by atoms with E-state index in [9.17, 15) is 17.6 Å². The lowest BCUT2D eigenvalue weighted by Gasteiger charge is -2.45. The van der Waals surface area contributed by atoms with Crippen LogP contribution in [0.2, 0.25) is 0 Å². The Bertz CT molecular complexity index is 648. The van der Waals surface area contributed by atoms with Crippen LogP contribution in [-0.2, 0) is 0 Å². The molecule has 2 fully saturated rings. The molecule has 0 radical (unpaired) electrons. The van der Waals surface area contributed by atoms with Gasteiger partial charge in [-0.1, -0.05) is 0 Å². The van der Waals surface area contributed by atoms with Crippen molar-refractivity contribution in [2.75, 3.05) is 29.9 Å². The highest BCUT2D eigenvalue weighted by molar-refractivity contribution is 5.50. The van der Waals surface area contributed by atoms with Gasteiger partial charge in [-0.15, -0.1) is 0 Å². The first-order valence-electron chi connectivity index (χ1n) is 9.88. The Hall–Kier alpha value is -1.61. The highest BCUT2D eigenvalue weighted by atomic mass is 19.4. The minimum absolute atomic E-state index is 0.188. The number of nitrogens with one attached hydrogen (secondary N) is 1. The van der Waals surface area contributed by atoms with Gasteiger partial charge in [-0.25, -0.2) is 4.98 Å². The van der Waals surface area contributed by atoms with Gasteiger partial charge in [0.15, 0.2) is 0 Å². The maximum atomic E-state index is 14.5. The van der Waals surface area contributed by atoms with Gasteiger partial charge < -0.3 is 16.0 Å². The lowest BCUT2D eigenvalue weighted by atomic mass is 9.92. The molecule has 2 aliphatic rings. The first-order valence-corrected chi connectivity index (χ1v) is 9.88. The van der Waals surface area contributed by atoms with Crippen LogP contribution >= 0.6 is 0 Å². The van der Waals surface area contributed by atoms with Crippen molar-refractivity contribution >= 4 is 11.5 Å². The van der Waals surface area contributed by atoms with Crippen molar-refractivity contribution in [3.63, 3.8) is 0 Å². The van der Waals surface area contributed by atoms with E-state index in [1.165, 1.54) is 4.90 Å². The number of hydrogen-bond acceptors (Lipinski definition) is 5. The summed E-state index contributed by atoms with van der Waals surface area (Å²) in [5, 5.41) is 3.21. The number of halogens is 4. The Kier molecular flexibility index (Phi) is 6.34. The maximum Gasteiger partial charge on any atom is 0.401 e. The first kappa shape index (κ1) is 21.1. The average Bonchev–Trinajstić information content (AvgIpc) is 2.61. The molecule has 1 saturated heterocycles. The fourth-order valence-corrected chi connectivity index (χ4v) is 4.25. The molecule has 1 aromatic heterocycles. The molecule has 0 amide bonds. The standard InChI is InChI=1S/C19H29F4N5/c1-12-9-27(10-13(2)28(12)11-19(21,22)23)17-8-7-16(18(20)26-17)25-15-5-3-14(24)4-6-15/h7-8,12-15,25H,3-6,9-11,24H2,1-2H3. The molecule has 158 valence electrons. The lowest BCUT2D eigenvalue weighted by molar-refractivity contribution is -0.156. The third kappa shape index (κ3) is 5.26. The normalized spacial score (nSPS) is 29.8. The van der Waals surface area contributed by atoms with Crippen LogP contribution in [0.15, 0.2) is 12.1 Å². The molecule has 1 saturated carbocycles. The van der Waals surface area contributed by atoms with Gasteiger partial charge in [0, 0.05) is 37.3 Å². The van der Waals surface area contributed by atoms with Crippen molar-refractivity contribution in [1.82, 2.24) is 9.88 Å². The minimum Gasteiger partial charge on any atom is -0.379 e. The van der Waals surface area contributed by atoms with E-state index in [4.69, 9.17) is 5.73 Å². The SMILES string of the molecule is CC1CN(c2ccc(NC3CCC(N)CC3)c(F)n2)CC(C)N1CC(F)(F)F. The largest absolute Gasteiger partial charge is 0.401 e. The van der Waals surface area contributed by atoms with Crippen LogP contribution in [0.5, 0.6) is 0 Å². The van der Waals surface area contributed by atoms with Gasteiger partial charge in [-0.05, 0) is 51.7 Å². The number of pyridine rings is 1. The quantitative estimate of drug-likeness (QED) is 0.596. The van der Waals surface area contributed by atoms with Gasteiger partial charge in [-0.3, -0.25) is 4.90 Å². The Morgan fingerprint density at radius 3 is 2.25 bits per heavy atom. The second-order valence-corrected chi connectivity index (χ2v) is 8.15. The third-order valence-electron chi connectivity index (χ3n) is 5.75. The van der Waals surface area contributed by atoms with Crippen molar-refractivity contribution in [2.24, 2.45) is 5.73 Å². The molecular weight excluding hydrogens is 374 g/mol. The van der Waals surface area contributed by atoms with Gasteiger partial charge in [0.25, 0.3) is 0 Å². The average molecular weight is 403 g/mol. The van der Waals surface area contributed by atoms with Crippen LogP contribution in [-0.4, -0.2) is 59.9 Å². The van der Waals surface area contributed by atoms with E-state index in [1.807, 2.05) is 4.90 Å². The molecule has 3 rings (SSSR count). The second kappa shape index (κ2) is 8.41. The number of piperazine rings is 1. The van der Waals surface area contributed by atoms with Gasteiger partial charge in [0.1, 0.15) is 5.82 Å². The summed E-state index contributed by atoms with van der Waals surface area (Å²) >= 11 is 0. The zero-order valence-corrected chi connectivity index (χ0v) is 16.3. The number of nitrogens with two attached hydrogens (primary N) is 1. The zero-order chi connectivity index (χ0) is 20.5. The van der Waals surface area contributed by atoms with E-state index in [-0.39, 0.29) is 24.2 Å². The molecule has 1 aliphatic carbocycles. The second-order valence-electron chi connectivity index (χ2n) is 8.15. The molecule has 2 unspecified atom stereocenters. The van der Waals surface area contributed by atoms with E-state index < -0.39 is 18.7 Å². The van der Waals surface area contributed by atoms with Gasteiger partial charge in [-0.2, -0.15) is 17.6 Å². The number of aromatic nitrogens is 1. The Morgan fingerprint density at radius 1 is 1.11 bits per heavy atom. The van der Waals surface area contributed by atoms with Gasteiger partial charge in [0.2, 0.25) is 5.95 Å². The van der Waals surface area contributed by atoms with E-state index in [0.29, 0.717) is 24.6 Å². The Balaban J connectivity index is 1.64. The lowest BCUT2D eigenvalue weighted by Crippen LogP contribution is -2.59. The Morgan fingerprint density at radius 2 is 1.71 bits per heavy atom. The molecule has 2 atom stereocenters. The first-order chi connectivity index (χ1) is 13.1. The molecule has 1 aliphatic heterocycles. The Labute approximate surface area is 163 Å². The number of anilines is 2. The summed E-state index contributed by atoms with van der Waals surface area (Å²) in [4.78, 5) is 7.37. The van der Waals surface area contributed by atoms with Crippen molar-refractivity contribution < 1.29 is 17.6 Å². The number of alkyl halides is 3. The van der Waals surface area contributed by atoms with E-state index in [2.05, 4.69) is 10.3 Å². The molecule has 28 heavy (non-hydrogen) atoms. The van der Waals surface area contributed by atoms with Crippen molar-refractivity contribution in [2.45, 2.75) is 69.9 Å². The highest BCUT2D eigenvalue weighted by Crippen LogP contribution is 2.28. The van der Waals surface area contributed by atoms with Crippen molar-refractivity contribution in [1.29, 1.82) is 0 Å². The molecule has 1 aromatic rings. The summed E-state index contributed by atoms with van der Waals surface area (Å²) in [6.07, 6.45) is -0.589. The molecule has 0 bridgehead atoms. The zero-order valence-electron chi connectivity index (χ0n) is 16.3. The summed E-state index contributed by atoms with van der Waals surface area (Å²) in [5.41, 5.74) is 6.27. The summed E-state index contributed by atoms with van der Waals surface area (Å²) in [6.45, 7) is 3.34. The summed E-state index contributed by atoms with van der Waals surface area (Å²) in [7, 11) is 0. The molecule has 3 N–H and O–H groups in total. The molecule has 9 heteroatoms. The monoisotopic (exact) mass is 403 g/mol. The predicted molar refractivity (Wildman–Crippen MR) is 102 cm³/mol. The summed E-state index contributed by atoms with van der Waals surface area (Å²) in [5.74, 6) is -0.121. The summed E-state index contributed by atoms with van der Waals surface area (Å²) in [6, 6.07) is 3.21. The van der Waals surface area contributed by atoms with Crippen LogP contribution in [0.25, 0.3) is 0 Å². The van der Waals surface area contributed by atoms with Gasteiger partial charge >= 0.3 is 6.18 Å². The van der Waals surface area contributed by atoms with Crippen LogP contribution in [0, 0.1) is 5.95 Å². The van der Waals surface area contributed by atoms with Crippen LogP contribution in [0.3, 0.4) is 0 Å². The highest BCUT2D eigenvalue weighted by Gasteiger charge is 2.38. The predicted octanol–water partition coefficient (Wildman–Crippen LogP) is 3.36. The molecule has 0 aromatic carbocycles. The smallest absolute Gasteiger partial charge is 0.379 e. The minimum atomic E-state index is -4.23. The third-order valence-corrected chi connectivity index (χ3v) is 5.75. The van der Waals surface area contributed by atoms with E-state index in [0.717, 1.165) is 25.7 Å². The van der Waals surface area contributed by atoms with Crippen LogP contribution in [0.1, 0.15) is 39.5 Å². The van der Waals surface area contributed by atoms with Crippen molar-refractivity contribution in [3.8, 4) is 0 Å². The molecule has 0 spiro atoms. The fourth-order valence-electron chi connectivity index (χ4n) is 4.25. The number of nitrogens with zero attached hydrogens (tertiary/aromatic N) is 3. The fraction of sp³-hybridized carbons (Fsp3) is 0.737. The maximum absolute atomic E-state index is 14.5. The molecule has 5 nitrogen and oxygen atoms in total.